The highest BCUT2D eigenvalue weighted by molar-refractivity contribution is 7.52. The summed E-state index contributed by atoms with van der Waals surface area (Å²) >= 11 is 0. The number of aryl methyl sites for hydroxylation is 2. The Morgan fingerprint density at radius 2 is 1.97 bits per heavy atom. The Labute approximate surface area is 177 Å². The van der Waals surface area contributed by atoms with Gasteiger partial charge >= 0.3 is 7.75 Å². The molecule has 3 aromatic rings. The summed E-state index contributed by atoms with van der Waals surface area (Å²) < 4.78 is 41.2. The zero-order valence-corrected chi connectivity index (χ0v) is 18.8. The van der Waals surface area contributed by atoms with Gasteiger partial charge < -0.3 is 4.90 Å². The highest BCUT2D eigenvalue weighted by Gasteiger charge is 2.38. The Kier molecular flexibility index (Phi) is 5.86. The van der Waals surface area contributed by atoms with Gasteiger partial charge in [0.05, 0.1) is 18.2 Å². The third kappa shape index (κ3) is 4.23. The highest BCUT2D eigenvalue weighted by atomic mass is 31.2. The first-order chi connectivity index (χ1) is 14.2. The monoisotopic (exact) mass is 430 g/mol. The first kappa shape index (κ1) is 21.3. The van der Waals surface area contributed by atoms with Crippen molar-refractivity contribution in [3.63, 3.8) is 0 Å². The number of hydrogen-bond donors (Lipinski definition) is 0. The molecule has 1 saturated heterocycles. The van der Waals surface area contributed by atoms with Crippen LogP contribution in [0.1, 0.15) is 34.8 Å². The predicted octanol–water partition coefficient (Wildman–Crippen LogP) is 5.64. The van der Waals surface area contributed by atoms with E-state index in [1.54, 1.807) is 4.34 Å². The Morgan fingerprint density at radius 3 is 2.70 bits per heavy atom. The Balaban J connectivity index is 1.74. The van der Waals surface area contributed by atoms with E-state index < -0.39 is 13.9 Å². The molecule has 0 spiro atoms. The van der Waals surface area contributed by atoms with Crippen molar-refractivity contribution >= 4 is 18.6 Å². The first-order valence-electron chi connectivity index (χ1n) is 10.2. The topological polar surface area (TPSA) is 43.7 Å². The van der Waals surface area contributed by atoms with Crippen molar-refractivity contribution in [2.45, 2.75) is 32.8 Å². The maximum absolute atomic E-state index is 13.9. The van der Waals surface area contributed by atoms with Gasteiger partial charge in [0.15, 0.2) is 0 Å². The summed E-state index contributed by atoms with van der Waals surface area (Å²) in [5.74, 6) is -0.317. The maximum Gasteiger partial charge on any atom is 0.439 e. The normalized spacial score (nSPS) is 22.1. The second-order valence-electron chi connectivity index (χ2n) is 8.32. The average Bonchev–Trinajstić information content (AvgIpc) is 3.04. The molecule has 1 aliphatic heterocycles. The van der Waals surface area contributed by atoms with E-state index in [0.717, 1.165) is 40.6 Å². The third-order valence-corrected chi connectivity index (χ3v) is 7.33. The van der Waals surface area contributed by atoms with E-state index in [-0.39, 0.29) is 12.4 Å². The second kappa shape index (κ2) is 8.27. The molecular weight excluding hydrogens is 402 g/mol. The molecule has 1 fully saturated rings. The van der Waals surface area contributed by atoms with Crippen molar-refractivity contribution < 1.29 is 18.0 Å². The van der Waals surface area contributed by atoms with Gasteiger partial charge in [-0.25, -0.2) is 8.96 Å². The van der Waals surface area contributed by atoms with E-state index in [1.807, 2.05) is 52.3 Å². The Morgan fingerprint density at radius 1 is 1.17 bits per heavy atom. The maximum atomic E-state index is 13.9. The molecule has 1 aromatic heterocycles. The van der Waals surface area contributed by atoms with E-state index in [1.165, 1.54) is 12.1 Å². The fourth-order valence-electron chi connectivity index (χ4n) is 3.95. The molecule has 2 heterocycles. The summed E-state index contributed by atoms with van der Waals surface area (Å²) in [6.07, 6.45) is 2.77. The van der Waals surface area contributed by atoms with Crippen LogP contribution in [0.2, 0.25) is 0 Å². The van der Waals surface area contributed by atoms with Crippen molar-refractivity contribution in [3.05, 3.63) is 70.7 Å². The molecule has 0 radical (unpaired) electrons. The van der Waals surface area contributed by atoms with Gasteiger partial charge in [-0.15, -0.1) is 0 Å². The number of rotatable bonds is 5. The van der Waals surface area contributed by atoms with E-state index in [9.17, 15) is 8.96 Å². The SMILES string of the molecule is Cc1cc(F)cc(C2CCOP(=O)(n3cc(CCN(C)C)c4cc(C)ccc43)O2)c1. The van der Waals surface area contributed by atoms with E-state index in [0.29, 0.717) is 12.0 Å². The number of likely N-dealkylation sites (N-methyl/N-ethyl adjacent to an activating group) is 1. The molecule has 1 aliphatic rings. The fourth-order valence-corrected chi connectivity index (χ4v) is 5.84. The molecule has 0 aliphatic carbocycles. The quantitative estimate of drug-likeness (QED) is 0.492. The average molecular weight is 430 g/mol. The highest BCUT2D eigenvalue weighted by Crippen LogP contribution is 2.58. The number of hydrogen-bond acceptors (Lipinski definition) is 4. The van der Waals surface area contributed by atoms with Gasteiger partial charge in [0.1, 0.15) is 5.82 Å². The molecule has 0 amide bonds. The second-order valence-corrected chi connectivity index (χ2v) is 10.2. The molecule has 5 nitrogen and oxygen atoms in total. The summed E-state index contributed by atoms with van der Waals surface area (Å²) in [5.41, 5.74) is 4.57. The van der Waals surface area contributed by atoms with Crippen LogP contribution in [0.4, 0.5) is 4.39 Å². The van der Waals surface area contributed by atoms with Crippen LogP contribution >= 0.6 is 7.75 Å². The lowest BCUT2D eigenvalue weighted by atomic mass is 10.0. The molecular formula is C23H28FN2O3P. The standard InChI is InChI=1S/C23H28FN2O3P/c1-16-5-6-22-21(13-16)18(7-9-25(3)4)15-26(22)30(27)28-10-8-23(29-30)19-11-17(2)12-20(24)14-19/h5-6,11-15,23H,7-10H2,1-4H3. The molecule has 2 aromatic carbocycles. The largest absolute Gasteiger partial charge is 0.439 e. The lowest BCUT2D eigenvalue weighted by molar-refractivity contribution is 0.0769. The molecule has 30 heavy (non-hydrogen) atoms. The van der Waals surface area contributed by atoms with Crippen molar-refractivity contribution in [2.75, 3.05) is 27.2 Å². The number of halogens is 1. The van der Waals surface area contributed by atoms with Crippen LogP contribution in [-0.4, -0.2) is 36.5 Å². The third-order valence-electron chi connectivity index (χ3n) is 5.45. The van der Waals surface area contributed by atoms with Crippen molar-refractivity contribution in [1.29, 1.82) is 0 Å². The molecule has 160 valence electrons. The summed E-state index contributed by atoms with van der Waals surface area (Å²) in [6.45, 7) is 5.05. The minimum absolute atomic E-state index is 0.288. The van der Waals surface area contributed by atoms with Crippen LogP contribution in [0.15, 0.2) is 42.6 Å². The minimum Gasteiger partial charge on any atom is -0.309 e. The molecule has 0 bridgehead atoms. The zero-order valence-electron chi connectivity index (χ0n) is 17.9. The molecule has 0 N–H and O–H groups in total. The van der Waals surface area contributed by atoms with E-state index in [4.69, 9.17) is 9.05 Å². The van der Waals surface area contributed by atoms with E-state index >= 15 is 0 Å². The van der Waals surface area contributed by atoms with Crippen LogP contribution in [-0.2, 0) is 20.0 Å². The first-order valence-corrected chi connectivity index (χ1v) is 11.7. The molecule has 2 atom stereocenters. The van der Waals surface area contributed by atoms with Crippen LogP contribution in [0, 0.1) is 19.7 Å². The lowest BCUT2D eigenvalue weighted by Crippen LogP contribution is -2.17. The van der Waals surface area contributed by atoms with Gasteiger partial charge in [-0.2, -0.15) is 0 Å². The van der Waals surface area contributed by atoms with Gasteiger partial charge in [0, 0.05) is 24.5 Å². The number of nitrogens with zero attached hydrogens (tertiary/aromatic N) is 2. The van der Waals surface area contributed by atoms with Crippen molar-refractivity contribution in [2.24, 2.45) is 0 Å². The Bertz CT molecular complexity index is 1100. The van der Waals surface area contributed by atoms with Crippen LogP contribution < -0.4 is 0 Å². The number of aromatic nitrogens is 1. The summed E-state index contributed by atoms with van der Waals surface area (Å²) in [5, 5.41) is 1.06. The van der Waals surface area contributed by atoms with Gasteiger partial charge in [0.25, 0.3) is 0 Å². The molecule has 2 unspecified atom stereocenters. The van der Waals surface area contributed by atoms with Gasteiger partial charge in [-0.3, -0.25) is 13.4 Å². The van der Waals surface area contributed by atoms with E-state index in [2.05, 4.69) is 11.0 Å². The predicted molar refractivity (Wildman–Crippen MR) is 117 cm³/mol. The van der Waals surface area contributed by atoms with Gasteiger partial charge in [-0.1, -0.05) is 17.7 Å². The number of fused-ring (bicyclic) bond motifs is 1. The summed E-state index contributed by atoms with van der Waals surface area (Å²) in [7, 11) is 0.442. The van der Waals surface area contributed by atoms with Crippen LogP contribution in [0.25, 0.3) is 10.9 Å². The molecule has 0 saturated carbocycles. The fraction of sp³-hybridized carbons (Fsp3) is 0.391. The Hall–Kier alpha value is -1.98. The van der Waals surface area contributed by atoms with Crippen LogP contribution in [0.3, 0.4) is 0 Å². The van der Waals surface area contributed by atoms with Gasteiger partial charge in [0.2, 0.25) is 0 Å². The number of benzene rings is 2. The summed E-state index contributed by atoms with van der Waals surface area (Å²) in [4.78, 5) is 2.12. The van der Waals surface area contributed by atoms with Gasteiger partial charge in [-0.05, 0) is 75.3 Å². The van der Waals surface area contributed by atoms with Crippen molar-refractivity contribution in [1.82, 2.24) is 9.24 Å². The molecule has 4 rings (SSSR count). The molecule has 7 heteroatoms. The minimum atomic E-state index is -3.62. The zero-order chi connectivity index (χ0) is 21.5. The summed E-state index contributed by atoms with van der Waals surface area (Å²) in [6, 6.07) is 10.9. The van der Waals surface area contributed by atoms with Crippen LogP contribution in [0.5, 0.6) is 0 Å². The lowest BCUT2D eigenvalue weighted by Gasteiger charge is -2.30. The van der Waals surface area contributed by atoms with Crippen molar-refractivity contribution in [3.8, 4) is 0 Å². The smallest absolute Gasteiger partial charge is 0.309 e.